The molecule has 0 atom stereocenters. The summed E-state index contributed by atoms with van der Waals surface area (Å²) in [5.41, 5.74) is 7.07. The Hall–Kier alpha value is -2.73. The van der Waals surface area contributed by atoms with Crippen LogP contribution in [0.3, 0.4) is 0 Å². The smallest absolute Gasteiger partial charge is 0.204 e. The maximum absolute atomic E-state index is 8.58. The van der Waals surface area contributed by atoms with E-state index in [0.29, 0.717) is 5.84 Å². The van der Waals surface area contributed by atoms with Crippen LogP contribution >= 0.6 is 11.8 Å². The van der Waals surface area contributed by atoms with Crippen LogP contribution in [0.15, 0.2) is 60.1 Å². The number of nitrogens with zero attached hydrogens (tertiary/aromatic N) is 1. The second-order valence-corrected chi connectivity index (χ2v) is 6.51. The minimum absolute atomic E-state index is 0.250. The molecule has 2 aromatic carbocycles. The molecule has 0 heterocycles. The number of carbonyl (C=O) groups excluding carboxylic acids is 1. The van der Waals surface area contributed by atoms with Gasteiger partial charge in [0.1, 0.15) is 11.6 Å². The van der Waals surface area contributed by atoms with Crippen LogP contribution in [-0.4, -0.2) is 37.6 Å². The van der Waals surface area contributed by atoms with Crippen molar-refractivity contribution < 1.29 is 9.53 Å². The number of hydrogen-bond acceptors (Lipinski definition) is 4. The van der Waals surface area contributed by atoms with E-state index in [9.17, 15) is 0 Å². The van der Waals surface area contributed by atoms with Crippen LogP contribution in [0.25, 0.3) is 11.1 Å². The Kier molecular flexibility index (Phi) is 12.9. The van der Waals surface area contributed by atoms with E-state index in [1.807, 2.05) is 43.6 Å². The Morgan fingerprint density at radius 2 is 1.89 bits per heavy atom. The molecule has 0 aromatic heterocycles. The fourth-order valence-corrected chi connectivity index (χ4v) is 2.59. The standard InChI is InChI=1S/C18H20N2OS.C3H8.CH3NO/c1-5-20(2)18(19)14-8-6-7-13(11-14)16-10-9-15(22-4)12-17(16)21-3;1-3-2;2-1-3/h5-12,19H,1H2,2-4H3;3H2,1-2H3;1H,(H2,2,3). The molecule has 0 saturated carbocycles. The number of primary amides is 1. The molecular weight excluding hydrogens is 370 g/mol. The third-order valence-corrected chi connectivity index (χ3v) is 4.21. The second kappa shape index (κ2) is 14.3. The van der Waals surface area contributed by atoms with Gasteiger partial charge >= 0.3 is 0 Å². The number of amidine groups is 1. The number of nitrogens with two attached hydrogens (primary N) is 1. The molecule has 0 saturated heterocycles. The molecule has 0 fully saturated rings. The lowest BCUT2D eigenvalue weighted by Crippen LogP contribution is -2.20. The van der Waals surface area contributed by atoms with Gasteiger partial charge in [-0.2, -0.15) is 0 Å². The minimum atomic E-state index is 0.250. The van der Waals surface area contributed by atoms with E-state index in [-0.39, 0.29) is 6.41 Å². The van der Waals surface area contributed by atoms with Gasteiger partial charge in [-0.15, -0.1) is 11.8 Å². The lowest BCUT2D eigenvalue weighted by molar-refractivity contribution is -0.106. The molecule has 3 N–H and O–H groups in total. The van der Waals surface area contributed by atoms with Gasteiger partial charge in [0, 0.05) is 23.1 Å². The fraction of sp³-hybridized carbons (Fsp3) is 0.273. The normalized spacial score (nSPS) is 9.04. The van der Waals surface area contributed by atoms with Crippen molar-refractivity contribution >= 4 is 24.0 Å². The summed E-state index contributed by atoms with van der Waals surface area (Å²) in [5, 5.41) is 8.18. The molecule has 0 aliphatic rings. The highest BCUT2D eigenvalue weighted by Crippen LogP contribution is 2.33. The first kappa shape index (κ1) is 25.3. The molecule has 0 unspecified atom stereocenters. The quantitative estimate of drug-likeness (QED) is 0.320. The van der Waals surface area contributed by atoms with Gasteiger partial charge in [0.05, 0.1) is 7.11 Å². The molecule has 0 spiro atoms. The molecule has 152 valence electrons. The Morgan fingerprint density at radius 3 is 2.39 bits per heavy atom. The first-order valence-corrected chi connectivity index (χ1v) is 10.1. The lowest BCUT2D eigenvalue weighted by Gasteiger charge is -2.16. The molecule has 0 aliphatic heterocycles. The highest BCUT2D eigenvalue weighted by Gasteiger charge is 2.10. The molecule has 0 bridgehead atoms. The van der Waals surface area contributed by atoms with Crippen LogP contribution in [0.5, 0.6) is 5.75 Å². The molecule has 0 radical (unpaired) electrons. The largest absolute Gasteiger partial charge is 0.496 e. The highest BCUT2D eigenvalue weighted by molar-refractivity contribution is 7.98. The molecule has 6 heteroatoms. The van der Waals surface area contributed by atoms with Crippen LogP contribution in [0.4, 0.5) is 0 Å². The summed E-state index contributed by atoms with van der Waals surface area (Å²) in [6.45, 7) is 7.95. The van der Waals surface area contributed by atoms with Gasteiger partial charge in [-0.25, -0.2) is 0 Å². The van der Waals surface area contributed by atoms with Crippen molar-refractivity contribution in [3.8, 4) is 16.9 Å². The number of amides is 1. The number of methoxy groups -OCH3 is 1. The van der Waals surface area contributed by atoms with E-state index in [0.717, 1.165) is 27.3 Å². The van der Waals surface area contributed by atoms with Gasteiger partial charge in [0.25, 0.3) is 0 Å². The number of ether oxygens (including phenoxy) is 1. The topological polar surface area (TPSA) is 79.4 Å². The lowest BCUT2D eigenvalue weighted by atomic mass is 10.0. The monoisotopic (exact) mass is 401 g/mol. The van der Waals surface area contributed by atoms with Gasteiger partial charge in [-0.1, -0.05) is 45.0 Å². The molecule has 2 rings (SSSR count). The number of carbonyl (C=O) groups is 1. The van der Waals surface area contributed by atoms with Crippen molar-refractivity contribution in [1.29, 1.82) is 5.41 Å². The van der Waals surface area contributed by atoms with Crippen molar-refractivity contribution in [1.82, 2.24) is 4.90 Å². The molecule has 1 amide bonds. The van der Waals surface area contributed by atoms with Gasteiger partial charge in [0.2, 0.25) is 6.41 Å². The van der Waals surface area contributed by atoms with E-state index >= 15 is 0 Å². The third kappa shape index (κ3) is 7.88. The first-order valence-electron chi connectivity index (χ1n) is 8.85. The van der Waals surface area contributed by atoms with E-state index in [1.165, 1.54) is 6.42 Å². The summed E-state index contributed by atoms with van der Waals surface area (Å²) in [5.74, 6) is 1.25. The zero-order valence-electron chi connectivity index (χ0n) is 17.4. The fourth-order valence-electron chi connectivity index (χ4n) is 2.17. The van der Waals surface area contributed by atoms with Crippen molar-refractivity contribution in [2.75, 3.05) is 20.4 Å². The number of rotatable bonds is 5. The van der Waals surface area contributed by atoms with Gasteiger partial charge in [0.15, 0.2) is 0 Å². The minimum Gasteiger partial charge on any atom is -0.496 e. The maximum Gasteiger partial charge on any atom is 0.204 e. The summed E-state index contributed by atoms with van der Waals surface area (Å²) < 4.78 is 5.52. The average molecular weight is 402 g/mol. The van der Waals surface area contributed by atoms with Gasteiger partial charge < -0.3 is 15.4 Å². The summed E-state index contributed by atoms with van der Waals surface area (Å²) in [6, 6.07) is 14.1. The Morgan fingerprint density at radius 1 is 1.29 bits per heavy atom. The SMILES string of the molecule is C=CN(C)C(=N)c1cccc(-c2ccc(SC)cc2OC)c1.CCC.NC=O. The number of benzene rings is 2. The van der Waals surface area contributed by atoms with Crippen LogP contribution in [-0.2, 0) is 4.79 Å². The van der Waals surface area contributed by atoms with E-state index in [2.05, 4.69) is 38.3 Å². The predicted molar refractivity (Wildman–Crippen MR) is 121 cm³/mol. The van der Waals surface area contributed by atoms with Crippen LogP contribution < -0.4 is 10.5 Å². The van der Waals surface area contributed by atoms with E-state index in [4.69, 9.17) is 14.9 Å². The van der Waals surface area contributed by atoms with Crippen LogP contribution in [0.2, 0.25) is 0 Å². The maximum atomic E-state index is 8.58. The summed E-state index contributed by atoms with van der Waals surface area (Å²) in [6.07, 6.45) is 5.17. The number of thioether (sulfide) groups is 1. The number of nitrogens with one attached hydrogen (secondary N) is 1. The Bertz CT molecular complexity index is 763. The van der Waals surface area contributed by atoms with E-state index in [1.54, 1.807) is 30.0 Å². The second-order valence-electron chi connectivity index (χ2n) is 5.63. The van der Waals surface area contributed by atoms with Crippen LogP contribution in [0.1, 0.15) is 25.8 Å². The van der Waals surface area contributed by atoms with Crippen molar-refractivity contribution in [3.63, 3.8) is 0 Å². The van der Waals surface area contributed by atoms with Gasteiger partial charge in [-0.3, -0.25) is 10.2 Å². The first-order chi connectivity index (χ1) is 13.4. The third-order valence-electron chi connectivity index (χ3n) is 3.48. The van der Waals surface area contributed by atoms with Crippen LogP contribution in [0, 0.1) is 5.41 Å². The average Bonchev–Trinajstić information content (AvgIpc) is 2.73. The van der Waals surface area contributed by atoms with Gasteiger partial charge in [-0.05, 0) is 42.3 Å². The molecule has 2 aromatic rings. The molecule has 5 nitrogen and oxygen atoms in total. The predicted octanol–water partition coefficient (Wildman–Crippen LogP) is 5.00. The Balaban J connectivity index is 0.00000108. The highest BCUT2D eigenvalue weighted by atomic mass is 32.2. The summed E-state index contributed by atoms with van der Waals surface area (Å²) in [7, 11) is 3.50. The molecular formula is C22H31N3O2S. The molecule has 28 heavy (non-hydrogen) atoms. The molecule has 0 aliphatic carbocycles. The van der Waals surface area contributed by atoms with E-state index < -0.39 is 0 Å². The Labute approximate surface area is 173 Å². The van der Waals surface area contributed by atoms with Crippen molar-refractivity contribution in [2.24, 2.45) is 5.73 Å². The zero-order valence-corrected chi connectivity index (χ0v) is 18.2. The van der Waals surface area contributed by atoms with Crippen molar-refractivity contribution in [2.45, 2.75) is 25.2 Å². The number of hydrogen-bond donors (Lipinski definition) is 2. The van der Waals surface area contributed by atoms with Crippen molar-refractivity contribution in [3.05, 3.63) is 60.8 Å². The summed E-state index contributed by atoms with van der Waals surface area (Å²) in [4.78, 5) is 11.4. The zero-order chi connectivity index (χ0) is 21.5. The summed E-state index contributed by atoms with van der Waals surface area (Å²) >= 11 is 1.69.